The van der Waals surface area contributed by atoms with Crippen molar-refractivity contribution in [3.8, 4) is 11.3 Å². The highest BCUT2D eigenvalue weighted by Crippen LogP contribution is 2.38. The van der Waals surface area contributed by atoms with Gasteiger partial charge in [-0.1, -0.05) is 13.0 Å². The van der Waals surface area contributed by atoms with Crippen molar-refractivity contribution in [2.45, 2.75) is 32.6 Å². The Morgan fingerprint density at radius 3 is 2.91 bits per heavy atom. The van der Waals surface area contributed by atoms with Crippen molar-refractivity contribution in [2.75, 3.05) is 12.4 Å². The molecule has 3 aromatic rings. The number of anilines is 1. The van der Waals surface area contributed by atoms with Gasteiger partial charge >= 0.3 is 0 Å². The second-order valence-electron chi connectivity index (χ2n) is 5.76. The number of aromatic nitrogens is 2. The van der Waals surface area contributed by atoms with E-state index in [1.807, 2.05) is 7.05 Å². The first-order valence-corrected chi connectivity index (χ1v) is 8.76. The molecule has 0 unspecified atom stereocenters. The molecule has 1 N–H and O–H groups in total. The Labute approximate surface area is 134 Å². The zero-order chi connectivity index (χ0) is 15.1. The van der Waals surface area contributed by atoms with Crippen LogP contribution in [0.3, 0.4) is 0 Å². The Morgan fingerprint density at radius 1 is 1.23 bits per heavy atom. The lowest BCUT2D eigenvalue weighted by molar-refractivity contribution is 0.901. The number of hydrogen-bond donors (Lipinski definition) is 1. The molecule has 2 heterocycles. The summed E-state index contributed by atoms with van der Waals surface area (Å²) in [5.74, 6) is 0. The molecule has 22 heavy (non-hydrogen) atoms. The van der Waals surface area contributed by atoms with Crippen LogP contribution < -0.4 is 5.32 Å². The van der Waals surface area contributed by atoms with E-state index in [4.69, 9.17) is 9.97 Å². The third-order valence-corrected chi connectivity index (χ3v) is 5.32. The first-order valence-electron chi connectivity index (χ1n) is 7.88. The number of thiazole rings is 1. The molecular formula is C18H19N3S. The van der Waals surface area contributed by atoms with E-state index in [1.165, 1.54) is 34.2 Å². The molecule has 3 nitrogen and oxygen atoms in total. The van der Waals surface area contributed by atoms with Gasteiger partial charge in [-0.2, -0.15) is 0 Å². The van der Waals surface area contributed by atoms with Gasteiger partial charge < -0.3 is 5.32 Å². The second-order valence-corrected chi connectivity index (χ2v) is 6.62. The van der Waals surface area contributed by atoms with Gasteiger partial charge in [0.1, 0.15) is 0 Å². The van der Waals surface area contributed by atoms with Gasteiger partial charge in [0, 0.05) is 29.1 Å². The fourth-order valence-electron chi connectivity index (χ4n) is 3.33. The van der Waals surface area contributed by atoms with Crippen molar-refractivity contribution in [3.05, 3.63) is 40.4 Å². The van der Waals surface area contributed by atoms with Gasteiger partial charge in [0.15, 0.2) is 5.13 Å². The van der Waals surface area contributed by atoms with E-state index in [0.717, 1.165) is 35.6 Å². The molecule has 0 bridgehead atoms. The van der Waals surface area contributed by atoms with Crippen molar-refractivity contribution < 1.29 is 0 Å². The summed E-state index contributed by atoms with van der Waals surface area (Å²) in [6.07, 6.45) is 4.47. The Kier molecular flexibility index (Phi) is 3.34. The van der Waals surface area contributed by atoms with Crippen molar-refractivity contribution in [2.24, 2.45) is 0 Å². The number of pyridine rings is 1. The van der Waals surface area contributed by atoms with Crippen LogP contribution in [0, 0.1) is 0 Å². The summed E-state index contributed by atoms with van der Waals surface area (Å²) >= 11 is 1.67. The standard InChI is InChI=1S/C18H19N3S/c1-3-11-7-8-15-13(9-11)17(12-5-4-6-14(12)20-15)16-10-22-18(19-2)21-16/h7-10H,3-6H2,1-2H3,(H,19,21). The highest BCUT2D eigenvalue weighted by molar-refractivity contribution is 7.14. The minimum atomic E-state index is 0.971. The average molecular weight is 309 g/mol. The maximum Gasteiger partial charge on any atom is 0.182 e. The summed E-state index contributed by atoms with van der Waals surface area (Å²) in [5.41, 5.74) is 7.54. The van der Waals surface area contributed by atoms with E-state index in [1.54, 1.807) is 11.3 Å². The van der Waals surface area contributed by atoms with E-state index < -0.39 is 0 Å². The molecule has 0 aliphatic heterocycles. The predicted molar refractivity (Wildman–Crippen MR) is 93.8 cm³/mol. The summed E-state index contributed by atoms with van der Waals surface area (Å²) in [6.45, 7) is 2.20. The van der Waals surface area contributed by atoms with Crippen LogP contribution in [-0.2, 0) is 19.3 Å². The van der Waals surface area contributed by atoms with Crippen molar-refractivity contribution in [3.63, 3.8) is 0 Å². The molecule has 2 aromatic heterocycles. The molecule has 1 aliphatic carbocycles. The number of hydrogen-bond acceptors (Lipinski definition) is 4. The molecule has 112 valence electrons. The SMILES string of the molecule is CCc1ccc2nc3c(c(-c4csc(NC)n4)c2c1)CCC3. The molecule has 0 atom stereocenters. The average Bonchev–Trinajstić information content (AvgIpc) is 3.20. The molecule has 0 fully saturated rings. The maximum absolute atomic E-state index is 4.90. The highest BCUT2D eigenvalue weighted by atomic mass is 32.1. The van der Waals surface area contributed by atoms with Gasteiger partial charge in [0.05, 0.1) is 11.2 Å². The molecule has 1 aromatic carbocycles. The molecule has 0 spiro atoms. The van der Waals surface area contributed by atoms with E-state index >= 15 is 0 Å². The number of aryl methyl sites for hydroxylation is 2. The lowest BCUT2D eigenvalue weighted by Crippen LogP contribution is -1.97. The lowest BCUT2D eigenvalue weighted by atomic mass is 9.97. The Morgan fingerprint density at radius 2 is 2.14 bits per heavy atom. The summed E-state index contributed by atoms with van der Waals surface area (Å²) in [7, 11) is 1.92. The lowest BCUT2D eigenvalue weighted by Gasteiger charge is -2.12. The van der Waals surface area contributed by atoms with Crippen LogP contribution in [0.5, 0.6) is 0 Å². The van der Waals surface area contributed by atoms with Crippen LogP contribution >= 0.6 is 11.3 Å². The molecule has 0 amide bonds. The number of rotatable bonds is 3. The van der Waals surface area contributed by atoms with Crippen LogP contribution in [0.1, 0.15) is 30.2 Å². The zero-order valence-corrected chi connectivity index (χ0v) is 13.8. The Balaban J connectivity index is 2.04. The largest absolute Gasteiger partial charge is 0.365 e. The third kappa shape index (κ3) is 2.10. The number of nitrogens with zero attached hydrogens (tertiary/aromatic N) is 2. The fraction of sp³-hybridized carbons (Fsp3) is 0.333. The monoisotopic (exact) mass is 309 g/mol. The molecule has 0 radical (unpaired) electrons. The van der Waals surface area contributed by atoms with Crippen LogP contribution in [0.25, 0.3) is 22.2 Å². The van der Waals surface area contributed by atoms with Crippen molar-refractivity contribution in [1.29, 1.82) is 0 Å². The van der Waals surface area contributed by atoms with E-state index in [0.29, 0.717) is 0 Å². The predicted octanol–water partition coefficient (Wildman–Crippen LogP) is 4.45. The third-order valence-electron chi connectivity index (χ3n) is 4.46. The minimum absolute atomic E-state index is 0.971. The summed E-state index contributed by atoms with van der Waals surface area (Å²) < 4.78 is 0. The van der Waals surface area contributed by atoms with Gasteiger partial charge in [-0.25, -0.2) is 4.98 Å². The van der Waals surface area contributed by atoms with Crippen molar-refractivity contribution in [1.82, 2.24) is 9.97 Å². The Bertz CT molecular complexity index is 851. The van der Waals surface area contributed by atoms with Crippen molar-refractivity contribution >= 4 is 27.4 Å². The van der Waals surface area contributed by atoms with E-state index in [9.17, 15) is 0 Å². The van der Waals surface area contributed by atoms with Gasteiger partial charge in [0.2, 0.25) is 0 Å². The minimum Gasteiger partial charge on any atom is -0.365 e. The quantitative estimate of drug-likeness (QED) is 0.776. The smallest absolute Gasteiger partial charge is 0.182 e. The highest BCUT2D eigenvalue weighted by Gasteiger charge is 2.22. The van der Waals surface area contributed by atoms with E-state index in [-0.39, 0.29) is 0 Å². The normalized spacial score (nSPS) is 13.5. The molecule has 0 saturated heterocycles. The van der Waals surface area contributed by atoms with Gasteiger partial charge in [-0.3, -0.25) is 4.98 Å². The van der Waals surface area contributed by atoms with Crippen LogP contribution in [0.15, 0.2) is 23.6 Å². The fourth-order valence-corrected chi connectivity index (χ4v) is 3.99. The van der Waals surface area contributed by atoms with Crippen LogP contribution in [0.2, 0.25) is 0 Å². The first kappa shape index (κ1) is 13.7. The topological polar surface area (TPSA) is 37.8 Å². The Hall–Kier alpha value is -1.94. The number of nitrogens with one attached hydrogen (secondary N) is 1. The summed E-state index contributed by atoms with van der Waals surface area (Å²) in [5, 5.41) is 7.54. The van der Waals surface area contributed by atoms with Crippen LogP contribution in [0.4, 0.5) is 5.13 Å². The van der Waals surface area contributed by atoms with Gasteiger partial charge in [0.25, 0.3) is 0 Å². The first-order chi connectivity index (χ1) is 10.8. The zero-order valence-electron chi connectivity index (χ0n) is 12.9. The maximum atomic E-state index is 4.90. The summed E-state index contributed by atoms with van der Waals surface area (Å²) in [6, 6.07) is 6.66. The van der Waals surface area contributed by atoms with E-state index in [2.05, 4.69) is 35.8 Å². The second kappa shape index (κ2) is 5.36. The summed E-state index contributed by atoms with van der Waals surface area (Å²) in [4.78, 5) is 9.67. The molecular weight excluding hydrogens is 290 g/mol. The van der Waals surface area contributed by atoms with Gasteiger partial charge in [-0.05, 0) is 48.9 Å². The molecule has 4 rings (SSSR count). The number of benzene rings is 1. The number of fused-ring (bicyclic) bond motifs is 2. The molecule has 1 aliphatic rings. The molecule has 4 heteroatoms. The molecule has 0 saturated carbocycles. The van der Waals surface area contributed by atoms with Crippen LogP contribution in [-0.4, -0.2) is 17.0 Å². The van der Waals surface area contributed by atoms with Gasteiger partial charge in [-0.15, -0.1) is 11.3 Å².